The summed E-state index contributed by atoms with van der Waals surface area (Å²) >= 11 is 0. The molecular formula is C21H24N2O4. The van der Waals surface area contributed by atoms with Crippen LogP contribution in [0.5, 0.6) is 17.2 Å². The number of fused-ring (bicyclic) bond motifs is 2. The van der Waals surface area contributed by atoms with E-state index in [4.69, 9.17) is 14.2 Å². The first-order valence-corrected chi connectivity index (χ1v) is 9.31. The minimum absolute atomic E-state index is 0.0532. The first kappa shape index (κ1) is 17.8. The smallest absolute Gasteiger partial charge is 0.231 e. The SMILES string of the molecule is CCN1CCc2c(C)c3c(c(OC)c2C1CC(=O)c1ccncc1)OCO3. The number of nitrogens with zero attached hydrogens (tertiary/aromatic N) is 2. The number of Topliss-reactive ketones (excluding diaryl/α,β-unsaturated/α-hetero) is 1. The predicted octanol–water partition coefficient (Wildman–Crippen LogP) is 3.32. The number of benzene rings is 1. The molecule has 0 radical (unpaired) electrons. The molecule has 1 atom stereocenters. The molecule has 1 unspecified atom stereocenters. The van der Waals surface area contributed by atoms with Gasteiger partial charge in [-0.05, 0) is 43.1 Å². The Hall–Kier alpha value is -2.60. The van der Waals surface area contributed by atoms with Gasteiger partial charge in [0, 0.05) is 42.5 Å². The lowest BCUT2D eigenvalue weighted by atomic mass is 9.84. The second-order valence-corrected chi connectivity index (χ2v) is 6.87. The fourth-order valence-electron chi connectivity index (χ4n) is 4.24. The van der Waals surface area contributed by atoms with Gasteiger partial charge in [-0.25, -0.2) is 0 Å². The number of pyridine rings is 1. The fraction of sp³-hybridized carbons (Fsp3) is 0.429. The zero-order chi connectivity index (χ0) is 19.0. The molecule has 2 aliphatic heterocycles. The molecule has 6 heteroatoms. The molecule has 0 N–H and O–H groups in total. The van der Waals surface area contributed by atoms with Gasteiger partial charge in [-0.1, -0.05) is 6.92 Å². The van der Waals surface area contributed by atoms with Crippen molar-refractivity contribution in [2.24, 2.45) is 0 Å². The minimum Gasteiger partial charge on any atom is -0.492 e. The van der Waals surface area contributed by atoms with E-state index in [1.807, 2.05) is 0 Å². The molecule has 0 bridgehead atoms. The van der Waals surface area contributed by atoms with Crippen molar-refractivity contribution in [3.8, 4) is 17.2 Å². The van der Waals surface area contributed by atoms with Crippen LogP contribution in [0.3, 0.4) is 0 Å². The molecule has 0 aliphatic carbocycles. The summed E-state index contributed by atoms with van der Waals surface area (Å²) in [6.45, 7) is 6.16. The number of carbonyl (C=O) groups excluding carboxylic acids is 1. The Kier molecular flexibility index (Phi) is 4.74. The normalized spacial score (nSPS) is 18.3. The first-order chi connectivity index (χ1) is 13.2. The van der Waals surface area contributed by atoms with Gasteiger partial charge in [-0.2, -0.15) is 0 Å². The van der Waals surface area contributed by atoms with Gasteiger partial charge in [0.1, 0.15) is 0 Å². The summed E-state index contributed by atoms with van der Waals surface area (Å²) < 4.78 is 17.2. The van der Waals surface area contributed by atoms with E-state index in [0.29, 0.717) is 23.5 Å². The lowest BCUT2D eigenvalue weighted by molar-refractivity contribution is 0.0909. The second kappa shape index (κ2) is 7.19. The fourth-order valence-corrected chi connectivity index (χ4v) is 4.24. The standard InChI is InChI=1S/C21H24N2O4/c1-4-23-10-7-15-13(2)19-21(27-12-26-19)20(25-3)18(15)16(23)11-17(24)14-5-8-22-9-6-14/h5-6,8-9,16H,4,7,10-12H2,1-3H3. The van der Waals surface area contributed by atoms with Crippen LogP contribution in [0.15, 0.2) is 24.5 Å². The van der Waals surface area contributed by atoms with Gasteiger partial charge in [0.15, 0.2) is 17.3 Å². The molecule has 0 saturated heterocycles. The first-order valence-electron chi connectivity index (χ1n) is 9.31. The number of aromatic nitrogens is 1. The van der Waals surface area contributed by atoms with E-state index < -0.39 is 0 Å². The Morgan fingerprint density at radius 1 is 1.30 bits per heavy atom. The Balaban J connectivity index is 1.80. The average molecular weight is 368 g/mol. The van der Waals surface area contributed by atoms with Crippen LogP contribution in [0, 0.1) is 6.92 Å². The molecule has 142 valence electrons. The monoisotopic (exact) mass is 368 g/mol. The summed E-state index contributed by atoms with van der Waals surface area (Å²) in [4.78, 5) is 19.3. The van der Waals surface area contributed by atoms with Crippen molar-refractivity contribution in [1.29, 1.82) is 0 Å². The van der Waals surface area contributed by atoms with Crippen LogP contribution in [0.4, 0.5) is 0 Å². The Morgan fingerprint density at radius 3 is 2.74 bits per heavy atom. The van der Waals surface area contributed by atoms with Crippen molar-refractivity contribution in [1.82, 2.24) is 9.88 Å². The van der Waals surface area contributed by atoms with E-state index in [1.165, 1.54) is 5.56 Å². The molecule has 0 spiro atoms. The number of ether oxygens (including phenoxy) is 3. The molecule has 27 heavy (non-hydrogen) atoms. The number of methoxy groups -OCH3 is 1. The number of ketones is 1. The van der Waals surface area contributed by atoms with Crippen LogP contribution in [0.1, 0.15) is 46.4 Å². The molecule has 0 amide bonds. The largest absolute Gasteiger partial charge is 0.492 e. The molecule has 2 aromatic rings. The molecule has 0 fully saturated rings. The zero-order valence-corrected chi connectivity index (χ0v) is 15.9. The average Bonchev–Trinajstić information content (AvgIpc) is 3.19. The molecule has 3 heterocycles. The van der Waals surface area contributed by atoms with Crippen LogP contribution in [0.25, 0.3) is 0 Å². The van der Waals surface area contributed by atoms with Crippen LogP contribution in [-0.4, -0.2) is 42.7 Å². The van der Waals surface area contributed by atoms with Gasteiger partial charge >= 0.3 is 0 Å². The number of hydrogen-bond acceptors (Lipinski definition) is 6. The van der Waals surface area contributed by atoms with Crippen LogP contribution < -0.4 is 14.2 Å². The van der Waals surface area contributed by atoms with E-state index in [-0.39, 0.29) is 18.6 Å². The summed E-state index contributed by atoms with van der Waals surface area (Å²) in [5, 5.41) is 0. The molecule has 1 aromatic heterocycles. The highest BCUT2D eigenvalue weighted by atomic mass is 16.7. The summed E-state index contributed by atoms with van der Waals surface area (Å²) in [6.07, 6.45) is 4.60. The number of hydrogen-bond donors (Lipinski definition) is 0. The van der Waals surface area contributed by atoms with Gasteiger partial charge in [0.25, 0.3) is 0 Å². The summed E-state index contributed by atoms with van der Waals surface area (Å²) in [6, 6.07) is 3.48. The Labute approximate surface area is 159 Å². The molecule has 2 aliphatic rings. The van der Waals surface area contributed by atoms with Gasteiger partial charge in [0.05, 0.1) is 7.11 Å². The third kappa shape index (κ3) is 2.94. The lowest BCUT2D eigenvalue weighted by Crippen LogP contribution is -2.37. The third-order valence-corrected chi connectivity index (χ3v) is 5.60. The van der Waals surface area contributed by atoms with Gasteiger partial charge in [0.2, 0.25) is 12.5 Å². The number of carbonyl (C=O) groups is 1. The van der Waals surface area contributed by atoms with Crippen molar-refractivity contribution in [3.63, 3.8) is 0 Å². The van der Waals surface area contributed by atoms with Crippen molar-refractivity contribution >= 4 is 5.78 Å². The van der Waals surface area contributed by atoms with Crippen LogP contribution in [0.2, 0.25) is 0 Å². The maximum atomic E-state index is 13.0. The van der Waals surface area contributed by atoms with E-state index in [2.05, 4.69) is 23.7 Å². The van der Waals surface area contributed by atoms with Crippen LogP contribution in [-0.2, 0) is 6.42 Å². The molecule has 6 nitrogen and oxygen atoms in total. The highest BCUT2D eigenvalue weighted by Gasteiger charge is 2.37. The molecule has 1 aromatic carbocycles. The minimum atomic E-state index is -0.0532. The molecule has 4 rings (SSSR count). The summed E-state index contributed by atoms with van der Waals surface area (Å²) in [5.41, 5.74) is 4.06. The molecule has 0 saturated carbocycles. The zero-order valence-electron chi connectivity index (χ0n) is 15.9. The van der Waals surface area contributed by atoms with Crippen molar-refractivity contribution in [2.45, 2.75) is 32.7 Å². The van der Waals surface area contributed by atoms with Crippen molar-refractivity contribution < 1.29 is 19.0 Å². The number of rotatable bonds is 5. The van der Waals surface area contributed by atoms with Gasteiger partial charge < -0.3 is 14.2 Å². The van der Waals surface area contributed by atoms with E-state index in [0.717, 1.165) is 36.4 Å². The van der Waals surface area contributed by atoms with Gasteiger partial charge in [-0.15, -0.1) is 0 Å². The molecular weight excluding hydrogens is 344 g/mol. The van der Waals surface area contributed by atoms with E-state index >= 15 is 0 Å². The Bertz CT molecular complexity index is 866. The lowest BCUT2D eigenvalue weighted by Gasteiger charge is -2.38. The van der Waals surface area contributed by atoms with Gasteiger partial charge in [-0.3, -0.25) is 14.7 Å². The highest BCUT2D eigenvalue weighted by Crippen LogP contribution is 2.52. The van der Waals surface area contributed by atoms with Crippen molar-refractivity contribution in [2.75, 3.05) is 27.0 Å². The maximum absolute atomic E-state index is 13.0. The quantitative estimate of drug-likeness (QED) is 0.755. The van der Waals surface area contributed by atoms with E-state index in [9.17, 15) is 4.79 Å². The van der Waals surface area contributed by atoms with Crippen LogP contribution >= 0.6 is 0 Å². The topological polar surface area (TPSA) is 60.9 Å². The Morgan fingerprint density at radius 2 is 2.04 bits per heavy atom. The maximum Gasteiger partial charge on any atom is 0.231 e. The highest BCUT2D eigenvalue weighted by molar-refractivity contribution is 5.96. The van der Waals surface area contributed by atoms with E-state index in [1.54, 1.807) is 31.6 Å². The summed E-state index contributed by atoms with van der Waals surface area (Å²) in [7, 11) is 1.65. The second-order valence-electron chi connectivity index (χ2n) is 6.87. The van der Waals surface area contributed by atoms with Crippen molar-refractivity contribution in [3.05, 3.63) is 46.8 Å². The third-order valence-electron chi connectivity index (χ3n) is 5.60. The summed E-state index contributed by atoms with van der Waals surface area (Å²) in [5.74, 6) is 2.24. The predicted molar refractivity (Wildman–Crippen MR) is 101 cm³/mol. The number of likely N-dealkylation sites (N-methyl/N-ethyl adjacent to an activating group) is 1.